The topological polar surface area (TPSA) is 131 Å². The van der Waals surface area contributed by atoms with Gasteiger partial charge in [0.2, 0.25) is 5.95 Å². The van der Waals surface area contributed by atoms with Crippen molar-refractivity contribution in [2.24, 2.45) is 0 Å². The SMILES string of the molecule is C[C@@]1(F)[C@H](OC(=O)c2ccccc2)[C@@H](COC(=O)c2ccccc2)O[C@@H]1n1cnc2c(Cl)nc(N)nc21. The van der Waals surface area contributed by atoms with Gasteiger partial charge in [-0.1, -0.05) is 48.0 Å². The van der Waals surface area contributed by atoms with Crippen LogP contribution in [0.25, 0.3) is 11.2 Å². The van der Waals surface area contributed by atoms with Crippen LogP contribution in [0.3, 0.4) is 0 Å². The summed E-state index contributed by atoms with van der Waals surface area (Å²) in [6, 6.07) is 16.4. The molecule has 1 saturated heterocycles. The summed E-state index contributed by atoms with van der Waals surface area (Å²) in [6.07, 6.45) is -2.72. The van der Waals surface area contributed by atoms with E-state index in [1.165, 1.54) is 17.8 Å². The van der Waals surface area contributed by atoms with Crippen LogP contribution in [0.2, 0.25) is 5.15 Å². The molecular formula is C25H21ClFN5O5. The highest BCUT2D eigenvalue weighted by Crippen LogP contribution is 2.44. The molecule has 1 aliphatic heterocycles. The molecule has 0 amide bonds. The van der Waals surface area contributed by atoms with Crippen molar-refractivity contribution >= 4 is 40.7 Å². The molecule has 190 valence electrons. The predicted molar refractivity (Wildman–Crippen MR) is 131 cm³/mol. The summed E-state index contributed by atoms with van der Waals surface area (Å²) in [5.74, 6) is -1.54. The third kappa shape index (κ3) is 4.70. The molecule has 12 heteroatoms. The molecule has 1 fully saturated rings. The second kappa shape index (κ2) is 9.75. The second-order valence-electron chi connectivity index (χ2n) is 8.53. The van der Waals surface area contributed by atoms with E-state index in [1.807, 2.05) is 0 Å². The van der Waals surface area contributed by atoms with Crippen LogP contribution in [0.5, 0.6) is 0 Å². The average molecular weight is 526 g/mol. The van der Waals surface area contributed by atoms with E-state index in [-0.39, 0.29) is 34.4 Å². The summed E-state index contributed by atoms with van der Waals surface area (Å²) in [5.41, 5.74) is 4.26. The molecule has 0 radical (unpaired) electrons. The van der Waals surface area contributed by atoms with Gasteiger partial charge in [-0.25, -0.2) is 19.0 Å². The zero-order chi connectivity index (χ0) is 26.2. The summed E-state index contributed by atoms with van der Waals surface area (Å²) < 4.78 is 34.8. The summed E-state index contributed by atoms with van der Waals surface area (Å²) >= 11 is 6.12. The Morgan fingerprint density at radius 3 is 2.35 bits per heavy atom. The molecule has 0 saturated carbocycles. The number of benzene rings is 2. The molecule has 0 bridgehead atoms. The highest BCUT2D eigenvalue weighted by Gasteiger charge is 2.58. The van der Waals surface area contributed by atoms with Crippen molar-refractivity contribution in [2.45, 2.75) is 31.0 Å². The average Bonchev–Trinajstić information content (AvgIpc) is 3.41. The van der Waals surface area contributed by atoms with Gasteiger partial charge in [-0.3, -0.25) is 4.57 Å². The molecule has 0 spiro atoms. The molecule has 4 aromatic rings. The molecule has 3 heterocycles. The number of rotatable bonds is 6. The summed E-state index contributed by atoms with van der Waals surface area (Å²) in [5, 5.41) is -0.0137. The van der Waals surface area contributed by atoms with Gasteiger partial charge in [0.05, 0.1) is 17.5 Å². The van der Waals surface area contributed by atoms with E-state index in [4.69, 9.17) is 31.5 Å². The normalized spacial score (nSPS) is 23.2. The Labute approximate surface area is 215 Å². The molecule has 2 aromatic carbocycles. The molecule has 2 aromatic heterocycles. The second-order valence-corrected chi connectivity index (χ2v) is 8.89. The number of carbonyl (C=O) groups is 2. The molecule has 5 rings (SSSR count). The number of hydrogen-bond donors (Lipinski definition) is 1. The van der Waals surface area contributed by atoms with Gasteiger partial charge in [-0.05, 0) is 31.2 Å². The van der Waals surface area contributed by atoms with Crippen molar-refractivity contribution in [1.29, 1.82) is 0 Å². The first kappa shape index (κ1) is 24.6. The Balaban J connectivity index is 1.47. The molecule has 0 unspecified atom stereocenters. The van der Waals surface area contributed by atoms with Crippen LogP contribution in [-0.2, 0) is 14.2 Å². The van der Waals surface area contributed by atoms with Crippen molar-refractivity contribution in [3.8, 4) is 0 Å². The van der Waals surface area contributed by atoms with Crippen molar-refractivity contribution in [3.63, 3.8) is 0 Å². The van der Waals surface area contributed by atoms with Crippen LogP contribution in [0.15, 0.2) is 67.0 Å². The number of hydrogen-bond acceptors (Lipinski definition) is 9. The first-order valence-corrected chi connectivity index (χ1v) is 11.6. The van der Waals surface area contributed by atoms with E-state index < -0.39 is 36.0 Å². The zero-order valence-electron chi connectivity index (χ0n) is 19.5. The zero-order valence-corrected chi connectivity index (χ0v) is 20.2. The van der Waals surface area contributed by atoms with Crippen LogP contribution in [0.4, 0.5) is 10.3 Å². The van der Waals surface area contributed by atoms with Crippen molar-refractivity contribution in [3.05, 3.63) is 83.3 Å². The molecule has 37 heavy (non-hydrogen) atoms. The van der Waals surface area contributed by atoms with E-state index in [9.17, 15) is 9.59 Å². The Kier molecular flexibility index (Phi) is 6.48. The number of nitrogens with zero attached hydrogens (tertiary/aromatic N) is 4. The molecular weight excluding hydrogens is 505 g/mol. The number of halogens is 2. The number of carbonyl (C=O) groups excluding carboxylic acids is 2. The third-order valence-electron chi connectivity index (χ3n) is 5.96. The first-order valence-electron chi connectivity index (χ1n) is 11.2. The van der Waals surface area contributed by atoms with Gasteiger partial charge in [0, 0.05) is 0 Å². The number of nitrogen functional groups attached to an aromatic ring is 1. The molecule has 1 aliphatic rings. The van der Waals surface area contributed by atoms with E-state index in [2.05, 4.69) is 15.0 Å². The number of nitrogens with two attached hydrogens (primary N) is 1. The summed E-state index contributed by atoms with van der Waals surface area (Å²) in [7, 11) is 0. The maximum absolute atomic E-state index is 16.5. The van der Waals surface area contributed by atoms with E-state index in [1.54, 1.807) is 60.7 Å². The van der Waals surface area contributed by atoms with Gasteiger partial charge in [-0.15, -0.1) is 0 Å². The van der Waals surface area contributed by atoms with E-state index >= 15 is 4.39 Å². The van der Waals surface area contributed by atoms with Crippen LogP contribution >= 0.6 is 11.6 Å². The van der Waals surface area contributed by atoms with Crippen molar-refractivity contribution < 1.29 is 28.2 Å². The van der Waals surface area contributed by atoms with Gasteiger partial charge in [0.1, 0.15) is 18.2 Å². The van der Waals surface area contributed by atoms with Gasteiger partial charge in [-0.2, -0.15) is 9.97 Å². The number of alkyl halides is 1. The number of fused-ring (bicyclic) bond motifs is 1. The molecule has 10 nitrogen and oxygen atoms in total. The maximum Gasteiger partial charge on any atom is 0.338 e. The van der Waals surface area contributed by atoms with Crippen LogP contribution in [0, 0.1) is 0 Å². The van der Waals surface area contributed by atoms with Crippen LogP contribution in [-0.4, -0.2) is 55.9 Å². The Morgan fingerprint density at radius 1 is 1.08 bits per heavy atom. The van der Waals surface area contributed by atoms with Crippen LogP contribution in [0.1, 0.15) is 33.9 Å². The number of imidazole rings is 1. The summed E-state index contributed by atoms with van der Waals surface area (Å²) in [4.78, 5) is 37.5. The van der Waals surface area contributed by atoms with Gasteiger partial charge in [0.15, 0.2) is 28.8 Å². The molecule has 4 atom stereocenters. The van der Waals surface area contributed by atoms with Crippen molar-refractivity contribution in [1.82, 2.24) is 19.5 Å². The fourth-order valence-electron chi connectivity index (χ4n) is 4.17. The smallest absolute Gasteiger partial charge is 0.338 e. The van der Waals surface area contributed by atoms with Crippen LogP contribution < -0.4 is 5.73 Å². The Bertz CT molecular complexity index is 1450. The number of ether oxygens (including phenoxy) is 3. The van der Waals surface area contributed by atoms with Gasteiger partial charge in [0.25, 0.3) is 0 Å². The quantitative estimate of drug-likeness (QED) is 0.295. The van der Waals surface area contributed by atoms with Gasteiger partial charge < -0.3 is 19.9 Å². The lowest BCUT2D eigenvalue weighted by Crippen LogP contribution is -2.44. The lowest BCUT2D eigenvalue weighted by Gasteiger charge is -2.27. The molecule has 2 N–H and O–H groups in total. The highest BCUT2D eigenvalue weighted by atomic mass is 35.5. The van der Waals surface area contributed by atoms with E-state index in [0.717, 1.165) is 0 Å². The van der Waals surface area contributed by atoms with Gasteiger partial charge >= 0.3 is 11.9 Å². The van der Waals surface area contributed by atoms with E-state index in [0.29, 0.717) is 5.56 Å². The lowest BCUT2D eigenvalue weighted by atomic mass is 9.98. The Morgan fingerprint density at radius 2 is 1.70 bits per heavy atom. The lowest BCUT2D eigenvalue weighted by molar-refractivity contribution is -0.0611. The maximum atomic E-state index is 16.5. The third-order valence-corrected chi connectivity index (χ3v) is 6.22. The number of aromatic nitrogens is 4. The largest absolute Gasteiger partial charge is 0.459 e. The summed E-state index contributed by atoms with van der Waals surface area (Å²) in [6.45, 7) is 0.832. The Hall–Kier alpha value is -4.09. The minimum absolute atomic E-state index is 0.0137. The number of anilines is 1. The first-order chi connectivity index (χ1) is 17.8. The fourth-order valence-corrected chi connectivity index (χ4v) is 4.39. The van der Waals surface area contributed by atoms with Crippen molar-refractivity contribution in [2.75, 3.05) is 12.3 Å². The monoisotopic (exact) mass is 525 g/mol. The predicted octanol–water partition coefficient (Wildman–Crippen LogP) is 3.77. The minimum Gasteiger partial charge on any atom is -0.459 e. The fraction of sp³-hybridized carbons (Fsp3) is 0.240. The standard InChI is InChI=1S/C25H21ClFN5O5/c1-25(27)18(37-22(34)15-10-6-3-7-11-15)16(12-35-21(33)14-8-4-2-5-9-14)36-23(25)32-13-29-17-19(26)30-24(28)31-20(17)32/h2-11,13,16,18,23H,12H2,1H3,(H2,28,30,31)/t16-,18-,23+,25-/m1/s1. The molecule has 0 aliphatic carbocycles. The number of esters is 2. The minimum atomic E-state index is -2.31. The highest BCUT2D eigenvalue weighted by molar-refractivity contribution is 6.33.